The largest absolute Gasteiger partial charge is 0.496 e. The Morgan fingerprint density at radius 1 is 0.911 bits per heavy atom. The monoisotopic (exact) mass is 639 g/mol. The number of rotatable bonds is 11. The lowest BCUT2D eigenvalue weighted by atomic mass is 10.1. The minimum absolute atomic E-state index is 0.0135. The molecule has 0 bridgehead atoms. The number of carbonyl (C=O) groups is 3. The zero-order chi connectivity index (χ0) is 31.8. The Morgan fingerprint density at radius 2 is 1.64 bits per heavy atom. The molecule has 0 radical (unpaired) electrons. The van der Waals surface area contributed by atoms with E-state index >= 15 is 0 Å². The first-order valence-corrected chi connectivity index (χ1v) is 15.5. The molecule has 0 saturated heterocycles. The molecule has 0 spiro atoms. The first kappa shape index (κ1) is 31.2. The number of anilines is 2. The van der Waals surface area contributed by atoms with Crippen molar-refractivity contribution in [3.8, 4) is 17.1 Å². The topological polar surface area (TPSA) is 135 Å². The molecule has 228 valence electrons. The molecule has 5 rings (SSSR count). The molecule has 3 aromatic carbocycles. The predicted octanol–water partition coefficient (Wildman–Crippen LogP) is 6.64. The zero-order valence-corrected chi connectivity index (χ0v) is 26.2. The number of furan rings is 1. The summed E-state index contributed by atoms with van der Waals surface area (Å²) in [6.07, 6.45) is 1.47. The highest BCUT2D eigenvalue weighted by Crippen LogP contribution is 2.31. The van der Waals surface area contributed by atoms with Crippen LogP contribution in [0.3, 0.4) is 0 Å². The van der Waals surface area contributed by atoms with Crippen molar-refractivity contribution in [3.63, 3.8) is 0 Å². The summed E-state index contributed by atoms with van der Waals surface area (Å²) in [5, 5.41) is 17.0. The first-order valence-electron chi connectivity index (χ1n) is 13.8. The molecule has 2 heterocycles. The van der Waals surface area contributed by atoms with E-state index in [2.05, 4.69) is 26.1 Å². The van der Waals surface area contributed by atoms with Gasteiger partial charge in [-0.25, -0.2) is 0 Å². The SMILES string of the molecule is COc1ccccc1-c1ccc(/C=C(\NC(=O)c2ccccc2)C(=O)Nc2ccc(S[C@H](C)C(=O)Nc3nnc(C)s3)cc2)o1. The lowest BCUT2D eigenvalue weighted by Gasteiger charge is -2.12. The zero-order valence-electron chi connectivity index (χ0n) is 24.6. The van der Waals surface area contributed by atoms with Crippen LogP contribution in [-0.4, -0.2) is 40.3 Å². The van der Waals surface area contributed by atoms with Crippen LogP contribution in [0.15, 0.2) is 106 Å². The lowest BCUT2D eigenvalue weighted by Crippen LogP contribution is -2.30. The molecule has 12 heteroatoms. The third-order valence-corrected chi connectivity index (χ3v) is 8.23. The quantitative estimate of drug-likeness (QED) is 0.108. The molecular weight excluding hydrogens is 611 g/mol. The van der Waals surface area contributed by atoms with E-state index in [9.17, 15) is 14.4 Å². The van der Waals surface area contributed by atoms with Gasteiger partial charge in [-0.05, 0) is 74.5 Å². The number of methoxy groups -OCH3 is 1. The smallest absolute Gasteiger partial charge is 0.272 e. The van der Waals surface area contributed by atoms with E-state index in [1.807, 2.05) is 31.2 Å². The second-order valence-electron chi connectivity index (χ2n) is 9.63. The molecule has 2 aromatic heterocycles. The number of aryl methyl sites for hydroxylation is 1. The van der Waals surface area contributed by atoms with Crippen molar-refractivity contribution < 1.29 is 23.5 Å². The average Bonchev–Trinajstić information content (AvgIpc) is 3.70. The lowest BCUT2D eigenvalue weighted by molar-refractivity contribution is -0.115. The van der Waals surface area contributed by atoms with Crippen molar-refractivity contribution in [1.29, 1.82) is 0 Å². The van der Waals surface area contributed by atoms with Gasteiger partial charge in [0.1, 0.15) is 28.0 Å². The van der Waals surface area contributed by atoms with E-state index in [-0.39, 0.29) is 11.6 Å². The Kier molecular flexibility index (Phi) is 10.1. The maximum Gasteiger partial charge on any atom is 0.272 e. The van der Waals surface area contributed by atoms with Gasteiger partial charge in [-0.3, -0.25) is 19.7 Å². The van der Waals surface area contributed by atoms with Crippen molar-refractivity contribution in [2.75, 3.05) is 17.7 Å². The number of amides is 3. The molecular formula is C33H29N5O5S2. The number of hydrogen-bond donors (Lipinski definition) is 3. The van der Waals surface area contributed by atoms with Crippen LogP contribution in [0.5, 0.6) is 5.75 Å². The van der Waals surface area contributed by atoms with Gasteiger partial charge in [-0.2, -0.15) is 0 Å². The fourth-order valence-corrected chi connectivity index (χ4v) is 5.60. The highest BCUT2D eigenvalue weighted by Gasteiger charge is 2.19. The summed E-state index contributed by atoms with van der Waals surface area (Å²) in [7, 11) is 1.58. The van der Waals surface area contributed by atoms with E-state index < -0.39 is 17.1 Å². The standard InChI is InChI=1S/C33H29N5O5S2/c1-20(30(39)36-33-38-37-21(2)45-33)44-25-16-13-23(14-17-25)34-32(41)27(35-31(40)22-9-5-4-6-10-22)19-24-15-18-29(43-24)26-11-7-8-12-28(26)42-3/h4-20H,1-3H3,(H,34,41)(H,35,40)(H,36,38,39)/b27-19-/t20-/m1/s1. The molecule has 0 unspecified atom stereocenters. The molecule has 45 heavy (non-hydrogen) atoms. The van der Waals surface area contributed by atoms with Crippen LogP contribution in [0.1, 0.15) is 28.0 Å². The number of aromatic nitrogens is 2. The van der Waals surface area contributed by atoms with Gasteiger partial charge in [0.05, 0.1) is 17.9 Å². The third-order valence-electron chi connectivity index (χ3n) is 6.37. The van der Waals surface area contributed by atoms with Gasteiger partial charge in [0.25, 0.3) is 11.8 Å². The molecule has 3 amide bonds. The summed E-state index contributed by atoms with van der Waals surface area (Å²) in [5.41, 5.74) is 1.63. The number of hydrogen-bond acceptors (Lipinski definition) is 9. The van der Waals surface area contributed by atoms with E-state index in [4.69, 9.17) is 9.15 Å². The number of nitrogens with zero attached hydrogens (tertiary/aromatic N) is 2. The number of ether oxygens (including phenoxy) is 1. The Labute approximate surface area is 267 Å². The Morgan fingerprint density at radius 3 is 2.36 bits per heavy atom. The second-order valence-corrected chi connectivity index (χ2v) is 12.2. The number of nitrogens with one attached hydrogen (secondary N) is 3. The fraction of sp³-hybridized carbons (Fsp3) is 0.121. The molecule has 3 N–H and O–H groups in total. The highest BCUT2D eigenvalue weighted by atomic mass is 32.2. The van der Waals surface area contributed by atoms with E-state index in [0.29, 0.717) is 33.7 Å². The molecule has 0 aliphatic heterocycles. The number of carbonyl (C=O) groups excluding carboxylic acids is 3. The molecule has 0 fully saturated rings. The van der Waals surface area contributed by atoms with Crippen LogP contribution in [-0.2, 0) is 9.59 Å². The summed E-state index contributed by atoms with van der Waals surface area (Å²) in [6.45, 7) is 3.61. The van der Waals surface area contributed by atoms with Gasteiger partial charge in [0.2, 0.25) is 11.0 Å². The van der Waals surface area contributed by atoms with Gasteiger partial charge < -0.3 is 19.8 Å². The highest BCUT2D eigenvalue weighted by molar-refractivity contribution is 8.00. The number of para-hydroxylation sites is 1. The maximum atomic E-state index is 13.5. The summed E-state index contributed by atoms with van der Waals surface area (Å²) in [6, 6.07) is 26.6. The van der Waals surface area contributed by atoms with E-state index in [1.54, 1.807) is 80.8 Å². The van der Waals surface area contributed by atoms with E-state index in [0.717, 1.165) is 15.5 Å². The molecule has 0 saturated carbocycles. The number of thioether (sulfide) groups is 1. The Bertz CT molecular complexity index is 1830. The van der Waals surface area contributed by atoms with E-state index in [1.165, 1.54) is 29.2 Å². The summed E-state index contributed by atoms with van der Waals surface area (Å²) in [4.78, 5) is 39.9. The Hall–Kier alpha value is -5.20. The van der Waals surface area contributed by atoms with Crippen molar-refractivity contribution in [1.82, 2.24) is 15.5 Å². The Balaban J connectivity index is 1.30. The minimum Gasteiger partial charge on any atom is -0.496 e. The van der Waals surface area contributed by atoms with Crippen LogP contribution in [0, 0.1) is 6.92 Å². The average molecular weight is 640 g/mol. The van der Waals surface area contributed by atoms with Gasteiger partial charge in [0, 0.05) is 22.2 Å². The van der Waals surface area contributed by atoms with Crippen LogP contribution >= 0.6 is 23.1 Å². The van der Waals surface area contributed by atoms with Gasteiger partial charge >= 0.3 is 0 Å². The fourth-order valence-electron chi connectivity index (χ4n) is 4.14. The normalized spacial score (nSPS) is 11.8. The maximum absolute atomic E-state index is 13.5. The van der Waals surface area contributed by atoms with Crippen LogP contribution < -0.4 is 20.7 Å². The van der Waals surface area contributed by atoms with Gasteiger partial charge in [-0.15, -0.1) is 22.0 Å². The summed E-state index contributed by atoms with van der Waals surface area (Å²) in [5.74, 6) is 0.358. The molecule has 1 atom stereocenters. The molecule has 0 aliphatic carbocycles. The summed E-state index contributed by atoms with van der Waals surface area (Å²) < 4.78 is 11.5. The van der Waals surface area contributed by atoms with Crippen LogP contribution in [0.2, 0.25) is 0 Å². The molecule has 5 aromatic rings. The van der Waals surface area contributed by atoms with Crippen LogP contribution in [0.4, 0.5) is 10.8 Å². The van der Waals surface area contributed by atoms with Crippen molar-refractivity contribution in [2.24, 2.45) is 0 Å². The third kappa shape index (κ3) is 8.25. The van der Waals surface area contributed by atoms with Crippen molar-refractivity contribution >= 4 is 57.7 Å². The predicted molar refractivity (Wildman–Crippen MR) is 176 cm³/mol. The molecule has 0 aliphatic rings. The van der Waals surface area contributed by atoms with Gasteiger partial charge in [0.15, 0.2) is 0 Å². The van der Waals surface area contributed by atoms with Gasteiger partial charge in [-0.1, -0.05) is 41.7 Å². The van der Waals surface area contributed by atoms with Crippen LogP contribution in [0.25, 0.3) is 17.4 Å². The molecule has 10 nitrogen and oxygen atoms in total. The second kappa shape index (κ2) is 14.5. The number of benzene rings is 3. The van der Waals surface area contributed by atoms with Crippen molar-refractivity contribution in [2.45, 2.75) is 24.0 Å². The van der Waals surface area contributed by atoms with Crippen molar-refractivity contribution in [3.05, 3.63) is 113 Å². The minimum atomic E-state index is -0.546. The summed E-state index contributed by atoms with van der Waals surface area (Å²) >= 11 is 2.67. The first-order chi connectivity index (χ1) is 21.8.